The third kappa shape index (κ3) is 4.91. The molecule has 1 saturated carbocycles. The Morgan fingerprint density at radius 2 is 1.92 bits per heavy atom. The molecule has 2 rings (SSSR count). The first-order valence-corrected chi connectivity index (χ1v) is 9.56. The van der Waals surface area contributed by atoms with Gasteiger partial charge in [-0.2, -0.15) is 0 Å². The molecular formula is C21H31NO3. The molecule has 0 N–H and O–H groups in total. The van der Waals surface area contributed by atoms with E-state index in [1.54, 1.807) is 0 Å². The highest BCUT2D eigenvalue weighted by Crippen LogP contribution is 2.41. The van der Waals surface area contributed by atoms with Crippen molar-refractivity contribution in [3.8, 4) is 5.75 Å². The first-order valence-electron chi connectivity index (χ1n) is 9.56. The van der Waals surface area contributed by atoms with Gasteiger partial charge in [0.15, 0.2) is 0 Å². The number of benzene rings is 1. The van der Waals surface area contributed by atoms with Crippen molar-refractivity contribution in [2.24, 2.45) is 0 Å². The third-order valence-electron chi connectivity index (χ3n) is 5.27. The lowest BCUT2D eigenvalue weighted by Gasteiger charge is -2.45. The van der Waals surface area contributed by atoms with Crippen molar-refractivity contribution in [3.05, 3.63) is 29.8 Å². The van der Waals surface area contributed by atoms with Crippen LogP contribution in [0.3, 0.4) is 0 Å². The standard InChI is InChI=1S/C21H31NO3/c1-4-6-15-22(3)21(13-11-18(23)12-14-21)17-9-7-10-19(16-17)25-20(24)8-5-2/h7,9-10,16H,4-6,8,11-15H2,1-3H3. The Kier molecular flexibility index (Phi) is 7.18. The lowest BCUT2D eigenvalue weighted by atomic mass is 9.75. The van der Waals surface area contributed by atoms with Gasteiger partial charge in [0.1, 0.15) is 11.5 Å². The van der Waals surface area contributed by atoms with Gasteiger partial charge >= 0.3 is 5.97 Å². The number of unbranched alkanes of at least 4 members (excludes halogenated alkanes) is 1. The largest absolute Gasteiger partial charge is 0.427 e. The molecule has 0 unspecified atom stereocenters. The second kappa shape index (κ2) is 9.14. The Labute approximate surface area is 151 Å². The van der Waals surface area contributed by atoms with E-state index in [0.29, 0.717) is 30.8 Å². The molecule has 0 bridgehead atoms. The van der Waals surface area contributed by atoms with Crippen LogP contribution >= 0.6 is 0 Å². The predicted octanol–water partition coefficient (Wildman–Crippen LogP) is 4.46. The van der Waals surface area contributed by atoms with Gasteiger partial charge in [0.25, 0.3) is 0 Å². The van der Waals surface area contributed by atoms with Gasteiger partial charge in [0.05, 0.1) is 0 Å². The van der Waals surface area contributed by atoms with Gasteiger partial charge in [0, 0.05) is 24.8 Å². The number of esters is 1. The fraction of sp³-hybridized carbons (Fsp3) is 0.619. The van der Waals surface area contributed by atoms with Crippen LogP contribution in [0.5, 0.6) is 5.75 Å². The lowest BCUT2D eigenvalue weighted by molar-refractivity contribution is -0.134. The number of carbonyl (C=O) groups excluding carboxylic acids is 2. The van der Waals surface area contributed by atoms with Crippen LogP contribution in [-0.4, -0.2) is 30.2 Å². The van der Waals surface area contributed by atoms with Gasteiger partial charge in [0.2, 0.25) is 0 Å². The SMILES string of the molecule is CCCCN(C)C1(c2cccc(OC(=O)CCC)c2)CCC(=O)CC1. The summed E-state index contributed by atoms with van der Waals surface area (Å²) in [4.78, 5) is 26.0. The topological polar surface area (TPSA) is 46.6 Å². The molecule has 138 valence electrons. The maximum atomic E-state index is 11.8. The summed E-state index contributed by atoms with van der Waals surface area (Å²) in [6, 6.07) is 7.89. The quantitative estimate of drug-likeness (QED) is 0.515. The van der Waals surface area contributed by atoms with E-state index < -0.39 is 0 Å². The average molecular weight is 345 g/mol. The summed E-state index contributed by atoms with van der Waals surface area (Å²) in [5.41, 5.74) is 1.01. The fourth-order valence-corrected chi connectivity index (χ4v) is 3.68. The maximum absolute atomic E-state index is 11.8. The number of Topliss-reactive ketones (excluding diaryl/α,β-unsaturated/α-hetero) is 1. The summed E-state index contributed by atoms with van der Waals surface area (Å²) in [6.07, 6.45) is 6.40. The van der Waals surface area contributed by atoms with Crippen molar-refractivity contribution in [3.63, 3.8) is 0 Å². The van der Waals surface area contributed by atoms with Crippen molar-refractivity contribution in [2.45, 2.75) is 70.8 Å². The normalized spacial score (nSPS) is 16.9. The van der Waals surface area contributed by atoms with Crippen molar-refractivity contribution in [1.82, 2.24) is 4.90 Å². The highest BCUT2D eigenvalue weighted by molar-refractivity contribution is 5.79. The number of hydrogen-bond donors (Lipinski definition) is 0. The summed E-state index contributed by atoms with van der Waals surface area (Å²) >= 11 is 0. The molecule has 1 aliphatic carbocycles. The van der Waals surface area contributed by atoms with Gasteiger partial charge in [-0.15, -0.1) is 0 Å². The molecular weight excluding hydrogens is 314 g/mol. The molecule has 0 saturated heterocycles. The first kappa shape index (κ1) is 19.6. The molecule has 0 heterocycles. The number of ketones is 1. The third-order valence-corrected chi connectivity index (χ3v) is 5.27. The van der Waals surface area contributed by atoms with Crippen LogP contribution in [0.25, 0.3) is 0 Å². The van der Waals surface area contributed by atoms with Crippen LogP contribution in [0, 0.1) is 0 Å². The predicted molar refractivity (Wildman–Crippen MR) is 99.7 cm³/mol. The van der Waals surface area contributed by atoms with Crippen LogP contribution in [0.15, 0.2) is 24.3 Å². The van der Waals surface area contributed by atoms with E-state index in [1.807, 2.05) is 25.1 Å². The molecule has 0 radical (unpaired) electrons. The molecule has 1 fully saturated rings. The minimum absolute atomic E-state index is 0.143. The Balaban J connectivity index is 2.27. The monoisotopic (exact) mass is 345 g/mol. The summed E-state index contributed by atoms with van der Waals surface area (Å²) in [5, 5.41) is 0. The van der Waals surface area contributed by atoms with Crippen LogP contribution in [-0.2, 0) is 15.1 Å². The smallest absolute Gasteiger partial charge is 0.311 e. The van der Waals surface area contributed by atoms with Crippen LogP contribution < -0.4 is 4.74 Å². The molecule has 25 heavy (non-hydrogen) atoms. The van der Waals surface area contributed by atoms with Crippen molar-refractivity contribution >= 4 is 11.8 Å². The number of carbonyl (C=O) groups is 2. The second-order valence-corrected chi connectivity index (χ2v) is 7.10. The van der Waals surface area contributed by atoms with E-state index in [4.69, 9.17) is 4.74 Å². The van der Waals surface area contributed by atoms with Gasteiger partial charge in [-0.3, -0.25) is 14.5 Å². The molecule has 0 aromatic heterocycles. The van der Waals surface area contributed by atoms with E-state index in [2.05, 4.69) is 24.9 Å². The van der Waals surface area contributed by atoms with Gasteiger partial charge in [-0.25, -0.2) is 0 Å². The first-order chi connectivity index (χ1) is 12.0. The minimum Gasteiger partial charge on any atom is -0.427 e. The van der Waals surface area contributed by atoms with E-state index in [0.717, 1.165) is 44.2 Å². The van der Waals surface area contributed by atoms with Crippen LogP contribution in [0.1, 0.15) is 70.8 Å². The zero-order valence-electron chi connectivity index (χ0n) is 15.8. The molecule has 0 amide bonds. The summed E-state index contributed by atoms with van der Waals surface area (Å²) in [7, 11) is 2.15. The van der Waals surface area contributed by atoms with E-state index in [9.17, 15) is 9.59 Å². The Morgan fingerprint density at radius 3 is 2.56 bits per heavy atom. The van der Waals surface area contributed by atoms with Crippen molar-refractivity contribution in [2.75, 3.05) is 13.6 Å². The highest BCUT2D eigenvalue weighted by Gasteiger charge is 2.39. The average Bonchev–Trinajstić information content (AvgIpc) is 2.61. The molecule has 0 atom stereocenters. The van der Waals surface area contributed by atoms with Crippen molar-refractivity contribution < 1.29 is 14.3 Å². The Hall–Kier alpha value is -1.68. The number of nitrogens with zero attached hydrogens (tertiary/aromatic N) is 1. The summed E-state index contributed by atoms with van der Waals surface area (Å²) < 4.78 is 5.49. The molecule has 0 spiro atoms. The fourth-order valence-electron chi connectivity index (χ4n) is 3.68. The van der Waals surface area contributed by atoms with Gasteiger partial charge < -0.3 is 4.74 Å². The molecule has 0 aliphatic heterocycles. The van der Waals surface area contributed by atoms with E-state index in [-0.39, 0.29) is 11.5 Å². The zero-order valence-corrected chi connectivity index (χ0v) is 15.8. The van der Waals surface area contributed by atoms with Crippen molar-refractivity contribution in [1.29, 1.82) is 0 Å². The Morgan fingerprint density at radius 1 is 1.20 bits per heavy atom. The van der Waals surface area contributed by atoms with Gasteiger partial charge in [-0.05, 0) is 57.0 Å². The molecule has 1 aromatic carbocycles. The highest BCUT2D eigenvalue weighted by atomic mass is 16.5. The maximum Gasteiger partial charge on any atom is 0.311 e. The molecule has 4 heteroatoms. The zero-order chi connectivity index (χ0) is 18.3. The van der Waals surface area contributed by atoms with E-state index in [1.165, 1.54) is 0 Å². The van der Waals surface area contributed by atoms with Gasteiger partial charge in [-0.1, -0.05) is 32.4 Å². The minimum atomic E-state index is -0.188. The molecule has 1 aromatic rings. The van der Waals surface area contributed by atoms with Crippen LogP contribution in [0.4, 0.5) is 0 Å². The lowest BCUT2D eigenvalue weighted by Crippen LogP contribution is -2.47. The summed E-state index contributed by atoms with van der Waals surface area (Å²) in [6.45, 7) is 5.16. The molecule has 4 nitrogen and oxygen atoms in total. The number of ether oxygens (including phenoxy) is 1. The second-order valence-electron chi connectivity index (χ2n) is 7.10. The molecule has 1 aliphatic rings. The summed E-state index contributed by atoms with van der Waals surface area (Å²) in [5.74, 6) is 0.771. The number of rotatable bonds is 8. The van der Waals surface area contributed by atoms with E-state index >= 15 is 0 Å². The Bertz CT molecular complexity index is 587. The van der Waals surface area contributed by atoms with Crippen LogP contribution in [0.2, 0.25) is 0 Å². The number of hydrogen-bond acceptors (Lipinski definition) is 4.